The Labute approximate surface area is 334 Å². The number of allylic oxidation sites excluding steroid dienone is 4. The Balaban J connectivity index is 4.24. The van der Waals surface area contributed by atoms with E-state index in [1.165, 1.54) is 135 Å². The quantitative estimate of drug-likeness (QED) is 0.0267. The Hall–Kier alpha value is -2.11. The average Bonchev–Trinajstić information content (AvgIpc) is 3.17. The molecule has 0 fully saturated rings. The Morgan fingerprint density at radius 1 is 0.352 bits per heavy atom. The van der Waals surface area contributed by atoms with E-state index in [0.717, 1.165) is 70.6 Å². The zero-order valence-corrected chi connectivity index (χ0v) is 36.0. The molecule has 6 heteroatoms. The summed E-state index contributed by atoms with van der Waals surface area (Å²) in [6, 6.07) is 0. The van der Waals surface area contributed by atoms with Crippen LogP contribution in [-0.2, 0) is 28.6 Å². The van der Waals surface area contributed by atoms with E-state index in [1.54, 1.807) is 0 Å². The summed E-state index contributed by atoms with van der Waals surface area (Å²) in [5.41, 5.74) is 0. The summed E-state index contributed by atoms with van der Waals surface area (Å²) in [5.74, 6) is -0.891. The van der Waals surface area contributed by atoms with Crippen molar-refractivity contribution in [3.05, 3.63) is 24.3 Å². The zero-order valence-electron chi connectivity index (χ0n) is 36.0. The molecule has 0 aliphatic heterocycles. The molecule has 0 aromatic heterocycles. The van der Waals surface area contributed by atoms with Gasteiger partial charge in [-0.1, -0.05) is 186 Å². The molecule has 0 amide bonds. The smallest absolute Gasteiger partial charge is 0.306 e. The van der Waals surface area contributed by atoms with Crippen molar-refractivity contribution in [3.63, 3.8) is 0 Å². The largest absolute Gasteiger partial charge is 0.462 e. The van der Waals surface area contributed by atoms with Gasteiger partial charge in [-0.2, -0.15) is 0 Å². The van der Waals surface area contributed by atoms with Crippen molar-refractivity contribution in [2.45, 2.75) is 252 Å². The molecular formula is C48H88O6. The maximum atomic E-state index is 12.7. The first kappa shape index (κ1) is 51.9. The number of carbonyl (C=O) groups is 3. The second-order valence-corrected chi connectivity index (χ2v) is 15.7. The van der Waals surface area contributed by atoms with Gasteiger partial charge in [0.15, 0.2) is 6.10 Å². The van der Waals surface area contributed by atoms with Crippen LogP contribution in [0.5, 0.6) is 0 Å². The minimum absolute atomic E-state index is 0.0743. The first-order chi connectivity index (χ1) is 26.5. The van der Waals surface area contributed by atoms with E-state index in [-0.39, 0.29) is 31.1 Å². The van der Waals surface area contributed by atoms with Gasteiger partial charge in [-0.15, -0.1) is 0 Å². The van der Waals surface area contributed by atoms with Crippen molar-refractivity contribution < 1.29 is 28.6 Å². The van der Waals surface area contributed by atoms with Crippen LogP contribution in [0.15, 0.2) is 24.3 Å². The van der Waals surface area contributed by atoms with Crippen LogP contribution in [0, 0.1) is 0 Å². The fourth-order valence-electron chi connectivity index (χ4n) is 6.59. The molecule has 0 aliphatic carbocycles. The predicted octanol–water partition coefficient (Wildman–Crippen LogP) is 14.8. The van der Waals surface area contributed by atoms with Gasteiger partial charge in [0, 0.05) is 19.3 Å². The molecule has 0 radical (unpaired) electrons. The number of hydrogen-bond acceptors (Lipinski definition) is 6. The van der Waals surface area contributed by atoms with E-state index < -0.39 is 6.10 Å². The standard InChI is InChI=1S/C48H88O6/c1-4-7-10-13-16-18-20-21-22-23-24-25-26-28-29-32-35-38-41-47(50)53-44-45(43-52-46(49)40-37-34-31-15-12-9-6-3)54-48(51)42-39-36-33-30-27-19-17-14-11-8-5-2/h14,17,22-23,45H,4-13,15-16,18-21,24-44H2,1-3H3/b17-14-,23-22-. The van der Waals surface area contributed by atoms with Crippen LogP contribution in [0.2, 0.25) is 0 Å². The molecule has 0 aromatic carbocycles. The molecule has 0 heterocycles. The molecule has 0 rings (SSSR count). The third-order valence-electron chi connectivity index (χ3n) is 10.2. The zero-order chi connectivity index (χ0) is 39.4. The van der Waals surface area contributed by atoms with Crippen molar-refractivity contribution in [2.75, 3.05) is 13.2 Å². The third-order valence-corrected chi connectivity index (χ3v) is 10.2. The highest BCUT2D eigenvalue weighted by Crippen LogP contribution is 2.14. The van der Waals surface area contributed by atoms with Gasteiger partial charge < -0.3 is 14.2 Å². The minimum atomic E-state index is -0.769. The second-order valence-electron chi connectivity index (χ2n) is 15.7. The van der Waals surface area contributed by atoms with Crippen LogP contribution in [0.25, 0.3) is 0 Å². The fourth-order valence-corrected chi connectivity index (χ4v) is 6.59. The summed E-state index contributed by atoms with van der Waals surface area (Å²) >= 11 is 0. The van der Waals surface area contributed by atoms with E-state index in [2.05, 4.69) is 45.1 Å². The molecule has 0 saturated carbocycles. The molecule has 0 aliphatic rings. The van der Waals surface area contributed by atoms with Crippen molar-refractivity contribution in [3.8, 4) is 0 Å². The summed E-state index contributed by atoms with van der Waals surface area (Å²) in [6.07, 6.45) is 47.5. The number of esters is 3. The highest BCUT2D eigenvalue weighted by atomic mass is 16.6. The Bertz CT molecular complexity index is 880. The lowest BCUT2D eigenvalue weighted by Gasteiger charge is -2.18. The van der Waals surface area contributed by atoms with Crippen molar-refractivity contribution in [1.82, 2.24) is 0 Å². The molecular weight excluding hydrogens is 673 g/mol. The van der Waals surface area contributed by atoms with E-state index in [1.807, 2.05) is 0 Å². The van der Waals surface area contributed by atoms with Crippen LogP contribution in [0.3, 0.4) is 0 Å². The number of hydrogen-bond donors (Lipinski definition) is 0. The molecule has 0 aromatic rings. The SMILES string of the molecule is CCCC/C=C\CCCCCCCC(=O)OC(COC(=O)CCCCCCCCC)COC(=O)CCCCCCCCC/C=C\CCCCCCCCC. The van der Waals surface area contributed by atoms with Gasteiger partial charge in [0.2, 0.25) is 0 Å². The summed E-state index contributed by atoms with van der Waals surface area (Å²) < 4.78 is 16.6. The number of carbonyl (C=O) groups excluding carboxylic acids is 3. The highest BCUT2D eigenvalue weighted by molar-refractivity contribution is 5.71. The van der Waals surface area contributed by atoms with Crippen LogP contribution in [0.4, 0.5) is 0 Å². The van der Waals surface area contributed by atoms with E-state index in [4.69, 9.17) is 14.2 Å². The van der Waals surface area contributed by atoms with E-state index in [0.29, 0.717) is 19.3 Å². The van der Waals surface area contributed by atoms with E-state index >= 15 is 0 Å². The maximum absolute atomic E-state index is 12.7. The summed E-state index contributed by atoms with van der Waals surface area (Å²) in [4.78, 5) is 37.6. The monoisotopic (exact) mass is 761 g/mol. The number of unbranched alkanes of at least 4 members (excludes halogenated alkanes) is 27. The van der Waals surface area contributed by atoms with Gasteiger partial charge in [0.05, 0.1) is 0 Å². The molecule has 1 atom stereocenters. The van der Waals surface area contributed by atoms with Gasteiger partial charge >= 0.3 is 17.9 Å². The molecule has 0 saturated heterocycles. The molecule has 54 heavy (non-hydrogen) atoms. The molecule has 0 N–H and O–H groups in total. The molecule has 316 valence electrons. The van der Waals surface area contributed by atoms with Gasteiger partial charge in [0.1, 0.15) is 13.2 Å². The summed E-state index contributed by atoms with van der Waals surface area (Å²) in [6.45, 7) is 6.55. The Morgan fingerprint density at radius 3 is 0.981 bits per heavy atom. The van der Waals surface area contributed by atoms with Gasteiger partial charge in [-0.05, 0) is 64.2 Å². The average molecular weight is 761 g/mol. The summed E-state index contributed by atoms with van der Waals surface area (Å²) in [7, 11) is 0. The number of rotatable bonds is 42. The second kappa shape index (κ2) is 43.6. The van der Waals surface area contributed by atoms with Crippen LogP contribution >= 0.6 is 0 Å². The molecule has 6 nitrogen and oxygen atoms in total. The van der Waals surface area contributed by atoms with Crippen molar-refractivity contribution >= 4 is 17.9 Å². The topological polar surface area (TPSA) is 78.9 Å². The normalized spacial score (nSPS) is 12.1. The van der Waals surface area contributed by atoms with Gasteiger partial charge in [-0.25, -0.2) is 0 Å². The lowest BCUT2D eigenvalue weighted by Crippen LogP contribution is -2.30. The highest BCUT2D eigenvalue weighted by Gasteiger charge is 2.19. The fraction of sp³-hybridized carbons (Fsp3) is 0.854. The Kier molecular flexibility index (Phi) is 41.9. The number of ether oxygens (including phenoxy) is 3. The lowest BCUT2D eigenvalue weighted by molar-refractivity contribution is -0.167. The molecule has 1 unspecified atom stereocenters. The molecule has 0 bridgehead atoms. The lowest BCUT2D eigenvalue weighted by atomic mass is 10.1. The molecule has 0 spiro atoms. The van der Waals surface area contributed by atoms with Crippen LogP contribution in [0.1, 0.15) is 245 Å². The third kappa shape index (κ3) is 41.1. The van der Waals surface area contributed by atoms with Crippen molar-refractivity contribution in [2.24, 2.45) is 0 Å². The predicted molar refractivity (Wildman–Crippen MR) is 229 cm³/mol. The van der Waals surface area contributed by atoms with Crippen molar-refractivity contribution in [1.29, 1.82) is 0 Å². The Morgan fingerprint density at radius 2 is 0.630 bits per heavy atom. The first-order valence-electron chi connectivity index (χ1n) is 23.3. The summed E-state index contributed by atoms with van der Waals surface area (Å²) in [5, 5.41) is 0. The van der Waals surface area contributed by atoms with E-state index in [9.17, 15) is 14.4 Å². The van der Waals surface area contributed by atoms with Crippen LogP contribution in [-0.4, -0.2) is 37.2 Å². The first-order valence-corrected chi connectivity index (χ1v) is 23.3. The van der Waals surface area contributed by atoms with Gasteiger partial charge in [0.25, 0.3) is 0 Å². The van der Waals surface area contributed by atoms with Gasteiger partial charge in [-0.3, -0.25) is 14.4 Å². The van der Waals surface area contributed by atoms with Crippen LogP contribution < -0.4 is 0 Å². The maximum Gasteiger partial charge on any atom is 0.306 e. The minimum Gasteiger partial charge on any atom is -0.462 e.